The summed E-state index contributed by atoms with van der Waals surface area (Å²) in [6.45, 7) is 4.61. The van der Waals surface area contributed by atoms with Crippen molar-refractivity contribution < 1.29 is 9.47 Å². The van der Waals surface area contributed by atoms with Crippen LogP contribution in [0.5, 0.6) is 0 Å². The van der Waals surface area contributed by atoms with Crippen molar-refractivity contribution in [3.63, 3.8) is 0 Å². The van der Waals surface area contributed by atoms with Crippen LogP contribution >= 0.6 is 0 Å². The third-order valence-electron chi connectivity index (χ3n) is 2.32. The minimum atomic E-state index is 0.719. The molecule has 0 spiro atoms. The van der Waals surface area contributed by atoms with E-state index in [9.17, 15) is 0 Å². The predicted octanol–water partition coefficient (Wildman–Crippen LogP) is 3.40. The first-order valence-electron chi connectivity index (χ1n) is 5.98. The third kappa shape index (κ3) is 11.9. The van der Waals surface area contributed by atoms with E-state index in [1.165, 1.54) is 44.9 Å². The Morgan fingerprint density at radius 3 is 2.00 bits per heavy atom. The van der Waals surface area contributed by atoms with Crippen LogP contribution in [0.15, 0.2) is 0 Å². The van der Waals surface area contributed by atoms with Gasteiger partial charge in [-0.15, -0.1) is 0 Å². The maximum atomic E-state index is 5.38. The topological polar surface area (TPSA) is 18.5 Å². The fourth-order valence-corrected chi connectivity index (χ4v) is 1.41. The lowest BCUT2D eigenvalue weighted by Crippen LogP contribution is -2.02. The van der Waals surface area contributed by atoms with E-state index in [2.05, 4.69) is 6.92 Å². The van der Waals surface area contributed by atoms with E-state index in [0.717, 1.165) is 19.8 Å². The Morgan fingerprint density at radius 1 is 0.714 bits per heavy atom. The zero-order valence-electron chi connectivity index (χ0n) is 9.89. The molecule has 0 aliphatic carbocycles. The van der Waals surface area contributed by atoms with Crippen LogP contribution in [0.3, 0.4) is 0 Å². The fraction of sp³-hybridized carbons (Fsp3) is 1.00. The highest BCUT2D eigenvalue weighted by molar-refractivity contribution is 4.44. The van der Waals surface area contributed by atoms with Gasteiger partial charge in [0.25, 0.3) is 0 Å². The number of hydrogen-bond acceptors (Lipinski definition) is 2. The maximum absolute atomic E-state index is 5.38. The standard InChI is InChI=1S/C12H26O2/c1-3-4-5-6-7-8-9-10-14-12-11-13-2/h3-12H2,1-2H3. The molecule has 14 heavy (non-hydrogen) atoms. The van der Waals surface area contributed by atoms with Crippen molar-refractivity contribution in [2.75, 3.05) is 26.9 Å². The summed E-state index contributed by atoms with van der Waals surface area (Å²) in [5, 5.41) is 0. The van der Waals surface area contributed by atoms with Gasteiger partial charge in [0.05, 0.1) is 13.2 Å². The van der Waals surface area contributed by atoms with Gasteiger partial charge in [-0.25, -0.2) is 0 Å². The Morgan fingerprint density at radius 2 is 1.36 bits per heavy atom. The number of unbranched alkanes of at least 4 members (excludes halogenated alkanes) is 6. The van der Waals surface area contributed by atoms with Gasteiger partial charge in [-0.1, -0.05) is 45.4 Å². The molecule has 0 aromatic carbocycles. The van der Waals surface area contributed by atoms with E-state index < -0.39 is 0 Å². The van der Waals surface area contributed by atoms with Crippen molar-refractivity contribution in [1.29, 1.82) is 0 Å². The summed E-state index contributed by atoms with van der Waals surface area (Å²) in [5.74, 6) is 0. The van der Waals surface area contributed by atoms with Gasteiger partial charge in [0.2, 0.25) is 0 Å². The van der Waals surface area contributed by atoms with Gasteiger partial charge in [0.1, 0.15) is 0 Å². The van der Waals surface area contributed by atoms with Crippen molar-refractivity contribution in [2.45, 2.75) is 51.9 Å². The van der Waals surface area contributed by atoms with E-state index in [1.807, 2.05) is 0 Å². The summed E-state index contributed by atoms with van der Waals surface area (Å²) < 4.78 is 10.3. The van der Waals surface area contributed by atoms with Gasteiger partial charge in [-0.3, -0.25) is 0 Å². The molecule has 0 aromatic heterocycles. The molecule has 0 rings (SSSR count). The zero-order chi connectivity index (χ0) is 10.5. The first kappa shape index (κ1) is 13.9. The Kier molecular flexibility index (Phi) is 12.8. The number of hydrogen-bond donors (Lipinski definition) is 0. The van der Waals surface area contributed by atoms with Gasteiger partial charge in [-0.05, 0) is 6.42 Å². The molecular weight excluding hydrogens is 176 g/mol. The zero-order valence-corrected chi connectivity index (χ0v) is 9.89. The van der Waals surface area contributed by atoms with Gasteiger partial charge in [0.15, 0.2) is 0 Å². The Labute approximate surface area is 89.0 Å². The highest BCUT2D eigenvalue weighted by Gasteiger charge is 1.91. The lowest BCUT2D eigenvalue weighted by molar-refractivity contribution is 0.0685. The van der Waals surface area contributed by atoms with Crippen molar-refractivity contribution in [1.82, 2.24) is 0 Å². The number of methoxy groups -OCH3 is 1. The van der Waals surface area contributed by atoms with E-state index in [0.29, 0.717) is 0 Å². The van der Waals surface area contributed by atoms with Crippen LogP contribution in [-0.4, -0.2) is 26.9 Å². The molecule has 0 saturated heterocycles. The summed E-state index contributed by atoms with van der Waals surface area (Å²) in [7, 11) is 1.71. The van der Waals surface area contributed by atoms with Crippen LogP contribution in [0.1, 0.15) is 51.9 Å². The highest BCUT2D eigenvalue weighted by atomic mass is 16.5. The fourth-order valence-electron chi connectivity index (χ4n) is 1.41. The second-order valence-corrected chi connectivity index (χ2v) is 3.73. The van der Waals surface area contributed by atoms with Gasteiger partial charge >= 0.3 is 0 Å². The molecule has 86 valence electrons. The van der Waals surface area contributed by atoms with Crippen molar-refractivity contribution in [3.8, 4) is 0 Å². The molecule has 0 saturated carbocycles. The molecule has 0 aliphatic rings. The van der Waals surface area contributed by atoms with Crippen LogP contribution in [0.4, 0.5) is 0 Å². The summed E-state index contributed by atoms with van der Waals surface area (Å²) >= 11 is 0. The van der Waals surface area contributed by atoms with Crippen LogP contribution < -0.4 is 0 Å². The number of rotatable bonds is 11. The van der Waals surface area contributed by atoms with E-state index in [-0.39, 0.29) is 0 Å². The molecule has 0 bridgehead atoms. The summed E-state index contributed by atoms with van der Waals surface area (Å²) in [6, 6.07) is 0. The number of ether oxygens (including phenoxy) is 2. The Hall–Kier alpha value is -0.0800. The molecule has 0 radical (unpaired) electrons. The van der Waals surface area contributed by atoms with Gasteiger partial charge in [0, 0.05) is 13.7 Å². The molecule has 0 aromatic rings. The highest BCUT2D eigenvalue weighted by Crippen LogP contribution is 2.06. The molecule has 2 nitrogen and oxygen atoms in total. The average molecular weight is 202 g/mol. The van der Waals surface area contributed by atoms with E-state index >= 15 is 0 Å². The lowest BCUT2D eigenvalue weighted by Gasteiger charge is -2.03. The maximum Gasteiger partial charge on any atom is 0.0700 e. The van der Waals surface area contributed by atoms with E-state index in [1.54, 1.807) is 7.11 Å². The molecule has 0 N–H and O–H groups in total. The Balaban J connectivity index is 2.78. The molecular formula is C12H26O2. The summed E-state index contributed by atoms with van der Waals surface area (Å²) in [5.41, 5.74) is 0. The van der Waals surface area contributed by atoms with Crippen molar-refractivity contribution >= 4 is 0 Å². The second kappa shape index (κ2) is 12.9. The first-order chi connectivity index (χ1) is 6.91. The van der Waals surface area contributed by atoms with E-state index in [4.69, 9.17) is 9.47 Å². The van der Waals surface area contributed by atoms with Crippen LogP contribution in [0, 0.1) is 0 Å². The predicted molar refractivity (Wildman–Crippen MR) is 60.7 cm³/mol. The van der Waals surface area contributed by atoms with Crippen LogP contribution in [0.2, 0.25) is 0 Å². The smallest absolute Gasteiger partial charge is 0.0700 e. The quantitative estimate of drug-likeness (QED) is 0.478. The second-order valence-electron chi connectivity index (χ2n) is 3.73. The molecule has 2 heteroatoms. The monoisotopic (exact) mass is 202 g/mol. The minimum Gasteiger partial charge on any atom is -0.382 e. The van der Waals surface area contributed by atoms with Crippen LogP contribution in [0.25, 0.3) is 0 Å². The molecule has 0 unspecified atom stereocenters. The first-order valence-corrected chi connectivity index (χ1v) is 5.98. The lowest BCUT2D eigenvalue weighted by atomic mass is 10.1. The largest absolute Gasteiger partial charge is 0.382 e. The van der Waals surface area contributed by atoms with Gasteiger partial charge < -0.3 is 9.47 Å². The van der Waals surface area contributed by atoms with Crippen LogP contribution in [-0.2, 0) is 9.47 Å². The minimum absolute atomic E-state index is 0.719. The van der Waals surface area contributed by atoms with Gasteiger partial charge in [-0.2, -0.15) is 0 Å². The molecule has 0 amide bonds. The van der Waals surface area contributed by atoms with Crippen molar-refractivity contribution in [3.05, 3.63) is 0 Å². The third-order valence-corrected chi connectivity index (χ3v) is 2.32. The Bertz CT molecular complexity index is 82.3. The normalized spacial score (nSPS) is 10.7. The summed E-state index contributed by atoms with van der Waals surface area (Å²) in [6.07, 6.45) is 9.41. The van der Waals surface area contributed by atoms with Crippen molar-refractivity contribution in [2.24, 2.45) is 0 Å². The SMILES string of the molecule is CCCCCCCCCOCCOC. The molecule has 0 fully saturated rings. The summed E-state index contributed by atoms with van der Waals surface area (Å²) in [4.78, 5) is 0. The molecule has 0 atom stereocenters. The molecule has 0 heterocycles. The molecule has 0 aliphatic heterocycles. The average Bonchev–Trinajstić information content (AvgIpc) is 2.21.